The van der Waals surface area contributed by atoms with E-state index in [0.717, 1.165) is 45.6 Å². The molecule has 0 saturated heterocycles. The van der Waals surface area contributed by atoms with E-state index in [1.807, 2.05) is 29.8 Å². The molecule has 0 radical (unpaired) electrons. The van der Waals surface area contributed by atoms with Gasteiger partial charge in [0.15, 0.2) is 0 Å². The largest absolute Gasteiger partial charge is 0.481 e. The van der Waals surface area contributed by atoms with Crippen molar-refractivity contribution in [3.05, 3.63) is 82.8 Å². The number of benzene rings is 2. The van der Waals surface area contributed by atoms with Gasteiger partial charge in [-0.2, -0.15) is 18.3 Å². The van der Waals surface area contributed by atoms with Crippen molar-refractivity contribution in [1.82, 2.24) is 20.1 Å². The molecule has 210 valence electrons. The number of halogens is 3. The first kappa shape index (κ1) is 28.8. The molecule has 2 aromatic heterocycles. The van der Waals surface area contributed by atoms with Crippen LogP contribution in [0.5, 0.6) is 0 Å². The van der Waals surface area contributed by atoms with E-state index < -0.39 is 23.6 Å². The zero-order valence-corrected chi connectivity index (χ0v) is 22.7. The van der Waals surface area contributed by atoms with E-state index in [4.69, 9.17) is 5.11 Å². The molecule has 40 heavy (non-hydrogen) atoms. The maximum Gasteiger partial charge on any atom is 0.416 e. The first-order valence-corrected chi connectivity index (χ1v) is 13.0. The van der Waals surface area contributed by atoms with Crippen LogP contribution in [0.1, 0.15) is 65.5 Å². The zero-order chi connectivity index (χ0) is 29.2. The second-order valence-electron chi connectivity index (χ2n) is 10.4. The summed E-state index contributed by atoms with van der Waals surface area (Å²) in [5.74, 6) is -1.12. The number of amides is 1. The number of carbonyl (C=O) groups is 2. The van der Waals surface area contributed by atoms with Crippen LogP contribution in [0.2, 0.25) is 0 Å². The van der Waals surface area contributed by atoms with E-state index in [1.165, 1.54) is 12.1 Å². The van der Waals surface area contributed by atoms with E-state index in [1.54, 1.807) is 25.4 Å². The van der Waals surface area contributed by atoms with Gasteiger partial charge in [0.2, 0.25) is 0 Å². The van der Waals surface area contributed by atoms with E-state index >= 15 is 0 Å². The van der Waals surface area contributed by atoms with Crippen molar-refractivity contribution in [1.29, 1.82) is 0 Å². The Morgan fingerprint density at radius 1 is 1.00 bits per heavy atom. The Hall–Kier alpha value is -4.21. The van der Waals surface area contributed by atoms with Crippen molar-refractivity contribution in [2.45, 2.75) is 52.8 Å². The second kappa shape index (κ2) is 11.5. The number of nitrogens with one attached hydrogen (secondary N) is 1. The van der Waals surface area contributed by atoms with Gasteiger partial charge < -0.3 is 10.4 Å². The van der Waals surface area contributed by atoms with Gasteiger partial charge in [0.05, 0.1) is 29.7 Å². The average molecular weight is 553 g/mol. The van der Waals surface area contributed by atoms with Gasteiger partial charge in [-0.15, -0.1) is 0 Å². The minimum Gasteiger partial charge on any atom is -0.481 e. The summed E-state index contributed by atoms with van der Waals surface area (Å²) in [7, 11) is 0. The molecule has 4 rings (SSSR count). The average Bonchev–Trinajstić information content (AvgIpc) is 3.28. The monoisotopic (exact) mass is 552 g/mol. The van der Waals surface area contributed by atoms with Gasteiger partial charge >= 0.3 is 12.1 Å². The summed E-state index contributed by atoms with van der Waals surface area (Å²) in [5.41, 5.74) is 4.30. The lowest BCUT2D eigenvalue weighted by atomic mass is 9.93. The summed E-state index contributed by atoms with van der Waals surface area (Å²) in [5, 5.41) is 16.9. The number of carboxylic acids is 1. The Bertz CT molecular complexity index is 1540. The molecule has 1 unspecified atom stereocenters. The SMILES string of the molecule is Cc1cc(C(F)(F)F)ccc1-c1cc2cnn(C(CC(C)C)c3ccc(C(=O)NCCC(=O)O)nc3)c2cc1C. The molecule has 0 fully saturated rings. The van der Waals surface area contributed by atoms with Gasteiger partial charge in [-0.1, -0.05) is 26.0 Å². The van der Waals surface area contributed by atoms with Gasteiger partial charge in [0.1, 0.15) is 5.69 Å². The minimum absolute atomic E-state index is 0.0141. The molecule has 2 aromatic carbocycles. The summed E-state index contributed by atoms with van der Waals surface area (Å²) in [4.78, 5) is 27.3. The number of fused-ring (bicyclic) bond motifs is 1. The molecule has 4 aromatic rings. The summed E-state index contributed by atoms with van der Waals surface area (Å²) in [6.45, 7) is 7.83. The molecular weight excluding hydrogens is 521 g/mol. The van der Waals surface area contributed by atoms with Crippen molar-refractivity contribution >= 4 is 22.8 Å². The Kier molecular flexibility index (Phi) is 8.27. The number of hydrogen-bond donors (Lipinski definition) is 2. The Labute approximate surface area is 230 Å². The van der Waals surface area contributed by atoms with E-state index in [0.29, 0.717) is 11.5 Å². The topological polar surface area (TPSA) is 97.1 Å². The molecule has 2 heterocycles. The van der Waals surface area contributed by atoms with Crippen molar-refractivity contribution in [2.24, 2.45) is 5.92 Å². The van der Waals surface area contributed by atoms with Gasteiger partial charge in [-0.3, -0.25) is 19.3 Å². The maximum atomic E-state index is 13.2. The van der Waals surface area contributed by atoms with Crippen LogP contribution in [0, 0.1) is 19.8 Å². The third-order valence-electron chi connectivity index (χ3n) is 6.80. The van der Waals surface area contributed by atoms with Crippen molar-refractivity contribution in [3.8, 4) is 11.1 Å². The molecule has 2 N–H and O–H groups in total. The summed E-state index contributed by atoms with van der Waals surface area (Å²) < 4.78 is 41.5. The molecule has 7 nitrogen and oxygen atoms in total. The molecule has 10 heteroatoms. The van der Waals surface area contributed by atoms with E-state index in [9.17, 15) is 22.8 Å². The molecule has 1 atom stereocenters. The molecular formula is C30H31F3N4O3. The van der Waals surface area contributed by atoms with Gasteiger partial charge in [-0.25, -0.2) is 0 Å². The molecule has 0 aliphatic carbocycles. The Morgan fingerprint density at radius 2 is 1.73 bits per heavy atom. The molecule has 1 amide bonds. The minimum atomic E-state index is -4.40. The summed E-state index contributed by atoms with van der Waals surface area (Å²) in [6, 6.07) is 11.0. The number of pyridine rings is 1. The first-order chi connectivity index (χ1) is 18.8. The maximum absolute atomic E-state index is 13.2. The highest BCUT2D eigenvalue weighted by atomic mass is 19.4. The molecule has 0 aliphatic rings. The number of hydrogen-bond acceptors (Lipinski definition) is 4. The fourth-order valence-corrected chi connectivity index (χ4v) is 4.81. The van der Waals surface area contributed by atoms with Gasteiger partial charge in [0.25, 0.3) is 5.91 Å². The van der Waals surface area contributed by atoms with Crippen LogP contribution in [0.3, 0.4) is 0 Å². The lowest BCUT2D eigenvalue weighted by Gasteiger charge is -2.21. The van der Waals surface area contributed by atoms with E-state index in [2.05, 4.69) is 29.2 Å². The van der Waals surface area contributed by atoms with Gasteiger partial charge in [-0.05, 0) is 84.3 Å². The highest BCUT2D eigenvalue weighted by molar-refractivity contribution is 5.92. The highest BCUT2D eigenvalue weighted by Gasteiger charge is 2.31. The predicted octanol–water partition coefficient (Wildman–Crippen LogP) is 6.57. The quantitative estimate of drug-likeness (QED) is 0.245. The van der Waals surface area contributed by atoms with Crippen LogP contribution in [-0.4, -0.2) is 38.3 Å². The number of carbonyl (C=O) groups excluding carboxylic acids is 1. The van der Waals surface area contributed by atoms with Gasteiger partial charge in [0, 0.05) is 18.1 Å². The van der Waals surface area contributed by atoms with Crippen LogP contribution in [0.15, 0.2) is 54.9 Å². The number of rotatable bonds is 9. The Morgan fingerprint density at radius 3 is 2.33 bits per heavy atom. The Balaban J connectivity index is 1.67. The van der Waals surface area contributed by atoms with Crippen LogP contribution >= 0.6 is 0 Å². The second-order valence-corrected chi connectivity index (χ2v) is 10.4. The first-order valence-electron chi connectivity index (χ1n) is 13.0. The zero-order valence-electron chi connectivity index (χ0n) is 22.7. The molecule has 0 aliphatic heterocycles. The van der Waals surface area contributed by atoms with Crippen LogP contribution in [0.4, 0.5) is 13.2 Å². The normalized spacial score (nSPS) is 12.6. The number of carboxylic acid groups (broad SMARTS) is 1. The van der Waals surface area contributed by atoms with Crippen molar-refractivity contribution in [3.63, 3.8) is 0 Å². The number of nitrogens with zero attached hydrogens (tertiary/aromatic N) is 3. The number of aliphatic carboxylic acids is 1. The fraction of sp³-hybridized carbons (Fsp3) is 0.333. The van der Waals surface area contributed by atoms with Crippen molar-refractivity contribution in [2.75, 3.05) is 6.54 Å². The lowest BCUT2D eigenvalue weighted by Crippen LogP contribution is -2.27. The van der Waals surface area contributed by atoms with Crippen molar-refractivity contribution < 1.29 is 27.9 Å². The summed E-state index contributed by atoms with van der Waals surface area (Å²) >= 11 is 0. The molecule has 0 bridgehead atoms. The lowest BCUT2D eigenvalue weighted by molar-refractivity contribution is -0.138. The smallest absolute Gasteiger partial charge is 0.416 e. The third-order valence-corrected chi connectivity index (χ3v) is 6.80. The predicted molar refractivity (Wildman–Crippen MR) is 146 cm³/mol. The van der Waals surface area contributed by atoms with Crippen LogP contribution in [-0.2, 0) is 11.0 Å². The van der Waals surface area contributed by atoms with Crippen LogP contribution in [0.25, 0.3) is 22.0 Å². The molecule has 0 spiro atoms. The highest BCUT2D eigenvalue weighted by Crippen LogP contribution is 2.36. The number of aromatic nitrogens is 3. The van der Waals surface area contributed by atoms with E-state index in [-0.39, 0.29) is 24.7 Å². The third kappa shape index (κ3) is 6.32. The summed E-state index contributed by atoms with van der Waals surface area (Å²) in [6.07, 6.45) is -0.429. The molecule has 0 saturated carbocycles. The standard InChI is InChI=1S/C30H31F3N4O3/c1-17(2)11-26(20-5-8-25(35-15-20)29(40)34-10-9-28(38)39)37-27-13-19(4)24(14-21(27)16-36-37)23-7-6-22(12-18(23)3)30(31,32)33/h5-8,12-17,26H,9-11H2,1-4H3,(H,34,40)(H,38,39). The van der Waals surface area contributed by atoms with Crippen LogP contribution < -0.4 is 5.32 Å². The number of aryl methyl sites for hydroxylation is 2. The number of alkyl halides is 3. The fourth-order valence-electron chi connectivity index (χ4n) is 4.81.